The van der Waals surface area contributed by atoms with Crippen molar-refractivity contribution >= 4 is 44.3 Å². The molecule has 0 atom stereocenters. The van der Waals surface area contributed by atoms with Gasteiger partial charge in [0, 0.05) is 49.9 Å². The lowest BCUT2D eigenvalue weighted by molar-refractivity contribution is -0.870. The third-order valence-corrected chi connectivity index (χ3v) is 19.7. The van der Waals surface area contributed by atoms with Crippen molar-refractivity contribution in [3.8, 4) is 0 Å². The smallest absolute Gasteiger partial charge is 0.390 e. The van der Waals surface area contributed by atoms with Crippen LogP contribution in [0.1, 0.15) is 25.7 Å². The van der Waals surface area contributed by atoms with Crippen LogP contribution in [-0.4, -0.2) is 211 Å². The molecule has 0 aromatic heterocycles. The number of nitrogens with zero attached hydrogens (tertiary/aromatic N) is 4. The molecule has 0 saturated heterocycles. The summed E-state index contributed by atoms with van der Waals surface area (Å²) in [6.07, 6.45) is 1.08. The number of hydrogen-bond donors (Lipinski definition) is 8. The number of rotatable bonds is 24. The van der Waals surface area contributed by atoms with Crippen molar-refractivity contribution in [3.63, 3.8) is 0 Å². The fourth-order valence-electron chi connectivity index (χ4n) is 4.26. The Morgan fingerprint density at radius 3 is 0.622 bits per heavy atom. The van der Waals surface area contributed by atoms with Crippen molar-refractivity contribution in [2.45, 2.75) is 49.9 Å². The molecule has 272 valence electrons. The van der Waals surface area contributed by atoms with Crippen LogP contribution >= 0.6 is 0 Å². The van der Waals surface area contributed by atoms with E-state index in [9.17, 15) is 38.4 Å². The fourth-order valence-corrected chi connectivity index (χ4v) is 18.0. The summed E-state index contributed by atoms with van der Waals surface area (Å²) in [6.45, 7) is 2.09. The minimum absolute atomic E-state index is 0.270. The topological polar surface area (TPSA) is 199 Å². The van der Waals surface area contributed by atoms with Gasteiger partial charge in [0.2, 0.25) is 0 Å². The third kappa shape index (κ3) is 25.1. The van der Waals surface area contributed by atoms with E-state index in [-0.39, 0.29) is 49.9 Å². The lowest BCUT2D eigenvalue weighted by Gasteiger charge is -2.40. The van der Waals surface area contributed by atoms with Crippen LogP contribution in [0.2, 0.25) is 24.2 Å². The molecule has 0 saturated carbocycles. The quantitative estimate of drug-likeness (QED) is 0.0385. The van der Waals surface area contributed by atoms with Gasteiger partial charge >= 0.3 is 44.3 Å². The monoisotopic (exact) mass is 744 g/mol. The van der Waals surface area contributed by atoms with Gasteiger partial charge in [-0.3, -0.25) is 0 Å². The molecule has 0 aliphatic rings. The van der Waals surface area contributed by atoms with Crippen LogP contribution in [0.25, 0.3) is 0 Å². The maximum Gasteiger partial charge on any atom is 0.649 e. The molecular formula is C24H68N4O12Si5+4. The Hall–Kier alpha value is 0.444. The van der Waals surface area contributed by atoms with Gasteiger partial charge in [0.25, 0.3) is 0 Å². The van der Waals surface area contributed by atoms with Gasteiger partial charge in [0.05, 0.1) is 111 Å². The molecule has 0 unspecified atom stereocenters. The molecule has 16 nitrogen and oxygen atoms in total. The summed E-state index contributed by atoms with van der Waals surface area (Å²) in [6, 6.07) is -1.17. The largest absolute Gasteiger partial charge is 0.649 e. The van der Waals surface area contributed by atoms with Crippen LogP contribution in [0.5, 0.6) is 0 Å². The Morgan fingerprint density at radius 1 is 0.333 bits per heavy atom. The minimum atomic E-state index is -5.49. The minimum Gasteiger partial charge on any atom is -0.390 e. The Balaban J connectivity index is 6.67. The van der Waals surface area contributed by atoms with Crippen LogP contribution in [0.4, 0.5) is 0 Å². The summed E-state index contributed by atoms with van der Waals surface area (Å²) in [5, 5.41) is 0. The molecular weight excluding hydrogens is 677 g/mol. The van der Waals surface area contributed by atoms with E-state index in [1.807, 2.05) is 84.6 Å². The molecule has 0 spiro atoms. The van der Waals surface area contributed by atoms with Gasteiger partial charge in [0.15, 0.2) is 0 Å². The normalized spacial score (nSPS) is 15.2. The average molecular weight is 745 g/mol. The molecule has 0 fully saturated rings. The predicted octanol–water partition coefficient (Wildman–Crippen LogP) is -2.43. The highest BCUT2D eigenvalue weighted by molar-refractivity contribution is 6.84. The van der Waals surface area contributed by atoms with Crippen molar-refractivity contribution < 1.29 is 72.8 Å². The highest BCUT2D eigenvalue weighted by atomic mass is 28.6. The predicted molar refractivity (Wildman–Crippen MR) is 180 cm³/mol. The Labute approximate surface area is 277 Å². The summed E-state index contributed by atoms with van der Waals surface area (Å²) in [5.41, 5.74) is 0. The Bertz CT molecular complexity index is 735. The Kier molecular flexibility index (Phi) is 17.1. The van der Waals surface area contributed by atoms with Crippen LogP contribution in [0, 0.1) is 0 Å². The van der Waals surface area contributed by atoms with Crippen molar-refractivity contribution in [1.82, 2.24) is 0 Å². The second-order valence-corrected chi connectivity index (χ2v) is 28.6. The first-order valence-corrected chi connectivity index (χ1v) is 25.1. The van der Waals surface area contributed by atoms with Crippen LogP contribution in [-0.2, 0) is 16.5 Å². The van der Waals surface area contributed by atoms with Crippen molar-refractivity contribution in [3.05, 3.63) is 0 Å². The van der Waals surface area contributed by atoms with Crippen molar-refractivity contribution in [1.29, 1.82) is 0 Å². The van der Waals surface area contributed by atoms with Gasteiger partial charge in [-0.1, -0.05) is 0 Å². The first kappa shape index (κ1) is 45.4. The zero-order valence-electron chi connectivity index (χ0n) is 30.0. The molecule has 0 heterocycles. The van der Waals surface area contributed by atoms with Gasteiger partial charge in [-0.2, -0.15) is 0 Å². The molecule has 0 rings (SSSR count). The number of hydrogen-bond acceptors (Lipinski definition) is 12. The van der Waals surface area contributed by atoms with Gasteiger partial charge in [0.1, 0.15) is 0 Å². The van der Waals surface area contributed by atoms with E-state index in [1.54, 1.807) is 0 Å². The third-order valence-electron chi connectivity index (χ3n) is 6.48. The standard InChI is InChI=1S/C24H68N4O12Si5/c1-25(2,3)17-13-21-41(29,30)37-45(38-42(31,32)22-14-18-26(4,5)6,39-43(33,34)23-15-19-27(7,8)9)40-44(35,36)24-16-20-28(10,11)12/h29-36H,13-24H2,1-12H3/q+4. The first-order chi connectivity index (χ1) is 19.7. The van der Waals surface area contributed by atoms with E-state index >= 15 is 0 Å². The van der Waals surface area contributed by atoms with E-state index < -0.39 is 44.3 Å². The lowest BCUT2D eigenvalue weighted by atomic mass is 10.4. The molecule has 0 bridgehead atoms. The van der Waals surface area contributed by atoms with Gasteiger partial charge in [-0.25, -0.2) is 0 Å². The molecule has 8 N–H and O–H groups in total. The molecule has 21 heteroatoms. The maximum atomic E-state index is 11.1. The lowest BCUT2D eigenvalue weighted by Crippen LogP contribution is -2.70. The summed E-state index contributed by atoms with van der Waals surface area (Å²) < 4.78 is 24.6. The van der Waals surface area contributed by atoms with E-state index in [1.165, 1.54) is 0 Å². The Morgan fingerprint density at radius 2 is 0.489 bits per heavy atom. The molecule has 0 aromatic rings. The van der Waals surface area contributed by atoms with Crippen LogP contribution < -0.4 is 0 Å². The highest BCUT2D eigenvalue weighted by Crippen LogP contribution is 2.30. The summed E-state index contributed by atoms with van der Waals surface area (Å²) >= 11 is 0. The van der Waals surface area contributed by atoms with Gasteiger partial charge in [-0.15, -0.1) is 0 Å². The second-order valence-electron chi connectivity index (χ2n) is 16.4. The molecule has 0 aromatic carbocycles. The first-order valence-electron chi connectivity index (χ1n) is 15.5. The summed E-state index contributed by atoms with van der Waals surface area (Å²) in [4.78, 5) is 88.8. The average Bonchev–Trinajstić information content (AvgIpc) is 2.66. The molecule has 0 aliphatic carbocycles. The molecule has 0 radical (unpaired) electrons. The highest BCUT2D eigenvalue weighted by Gasteiger charge is 2.65. The SMILES string of the molecule is C[N+](C)(C)CCC[Si](O)(O)O[Si](O[Si](O)(O)CCC[N+](C)(C)C)(O[Si](O)(O)CCC[N+](C)(C)C)O[Si](O)(O)CCC[N+](C)(C)C. The summed E-state index contributed by atoms with van der Waals surface area (Å²) in [7, 11) is -1.88. The zero-order chi connectivity index (χ0) is 35.8. The fraction of sp³-hybridized carbons (Fsp3) is 1.00. The zero-order valence-corrected chi connectivity index (χ0v) is 35.0. The van der Waals surface area contributed by atoms with E-state index in [0.717, 1.165) is 0 Å². The summed E-state index contributed by atoms with van der Waals surface area (Å²) in [5.74, 6) is 0. The molecule has 0 aliphatic heterocycles. The molecule has 0 amide bonds. The van der Waals surface area contributed by atoms with Crippen molar-refractivity contribution in [2.75, 3.05) is 111 Å². The van der Waals surface area contributed by atoms with Gasteiger partial charge in [-0.05, 0) is 0 Å². The molecule has 45 heavy (non-hydrogen) atoms. The van der Waals surface area contributed by atoms with Crippen LogP contribution in [0.15, 0.2) is 0 Å². The van der Waals surface area contributed by atoms with Crippen molar-refractivity contribution in [2.24, 2.45) is 0 Å². The van der Waals surface area contributed by atoms with E-state index in [4.69, 9.17) is 16.5 Å². The van der Waals surface area contributed by atoms with Gasteiger partial charge < -0.3 is 72.8 Å². The van der Waals surface area contributed by atoms with Crippen LogP contribution in [0.3, 0.4) is 0 Å². The second kappa shape index (κ2) is 16.9. The maximum absolute atomic E-state index is 11.1. The van der Waals surface area contributed by atoms with E-state index in [2.05, 4.69) is 0 Å². The van der Waals surface area contributed by atoms with E-state index in [0.29, 0.717) is 44.1 Å². The number of quaternary nitrogens is 4.